The van der Waals surface area contributed by atoms with Gasteiger partial charge in [0.15, 0.2) is 0 Å². The van der Waals surface area contributed by atoms with Gasteiger partial charge in [-0.25, -0.2) is 9.18 Å². The molecule has 7 nitrogen and oxygen atoms in total. The fourth-order valence-corrected chi connectivity index (χ4v) is 6.10. The van der Waals surface area contributed by atoms with Crippen molar-refractivity contribution in [3.8, 4) is 17.0 Å². The average molecular weight is 522 g/mol. The van der Waals surface area contributed by atoms with Crippen molar-refractivity contribution in [3.05, 3.63) is 53.1 Å². The fourth-order valence-electron chi connectivity index (χ4n) is 6.10. The molecule has 0 bridgehead atoms. The number of rotatable bonds is 6. The first-order valence-corrected chi connectivity index (χ1v) is 13.5. The summed E-state index contributed by atoms with van der Waals surface area (Å²) < 4.78 is 23.5. The maximum atomic E-state index is 15.5. The number of fused-ring (bicyclic) bond motifs is 5. The Balaban J connectivity index is 1.77. The number of nitrogens with zero attached hydrogens (tertiary/aromatic N) is 3. The lowest BCUT2D eigenvalue weighted by atomic mass is 9.80. The SMILES string of the molecule is CCOc1ccc2c(c1)CN(C(=O)CN(C)C)CCn1c-2c([C@H]2CCCC[C@@H]2F)c2ccc(C(=O)O)cc21. The minimum Gasteiger partial charge on any atom is -0.494 e. The van der Waals surface area contributed by atoms with Gasteiger partial charge in [-0.3, -0.25) is 4.79 Å². The molecule has 2 aliphatic rings. The van der Waals surface area contributed by atoms with Gasteiger partial charge in [0.05, 0.1) is 24.4 Å². The zero-order valence-corrected chi connectivity index (χ0v) is 22.4. The zero-order valence-electron chi connectivity index (χ0n) is 22.4. The molecule has 1 aromatic heterocycles. The highest BCUT2D eigenvalue weighted by molar-refractivity contribution is 5.98. The molecule has 1 amide bonds. The third-order valence-electron chi connectivity index (χ3n) is 7.80. The summed E-state index contributed by atoms with van der Waals surface area (Å²) in [6, 6.07) is 11.1. The Kier molecular flexibility index (Phi) is 7.43. The van der Waals surface area contributed by atoms with E-state index in [1.165, 1.54) is 0 Å². The van der Waals surface area contributed by atoms with Gasteiger partial charge in [0.25, 0.3) is 0 Å². The van der Waals surface area contributed by atoms with Gasteiger partial charge in [-0.1, -0.05) is 18.9 Å². The van der Waals surface area contributed by atoms with Crippen molar-refractivity contribution in [2.75, 3.05) is 33.8 Å². The predicted octanol–water partition coefficient (Wildman–Crippen LogP) is 5.30. The van der Waals surface area contributed by atoms with Crippen molar-refractivity contribution in [1.82, 2.24) is 14.4 Å². The number of carboxylic acids is 1. The lowest BCUT2D eigenvalue weighted by molar-refractivity contribution is -0.132. The van der Waals surface area contributed by atoms with E-state index in [0.29, 0.717) is 39.2 Å². The molecule has 1 N–H and O–H groups in total. The second kappa shape index (κ2) is 10.8. The number of carbonyl (C=O) groups is 2. The minimum atomic E-state index is -1.000. The molecular formula is C30H36FN3O4. The van der Waals surface area contributed by atoms with Crippen molar-refractivity contribution in [2.24, 2.45) is 0 Å². The van der Waals surface area contributed by atoms with E-state index in [4.69, 9.17) is 4.74 Å². The summed E-state index contributed by atoms with van der Waals surface area (Å²) in [7, 11) is 3.75. The molecule has 38 heavy (non-hydrogen) atoms. The number of likely N-dealkylation sites (N-methyl/N-ethyl adjacent to an activating group) is 1. The number of ether oxygens (including phenoxy) is 1. The normalized spacial score (nSPS) is 19.6. The van der Waals surface area contributed by atoms with Crippen LogP contribution >= 0.6 is 0 Å². The molecule has 0 spiro atoms. The monoisotopic (exact) mass is 521 g/mol. The summed E-state index contributed by atoms with van der Waals surface area (Å²) in [4.78, 5) is 28.8. The molecule has 202 valence electrons. The molecule has 2 heterocycles. The van der Waals surface area contributed by atoms with Gasteiger partial charge in [0, 0.05) is 42.0 Å². The largest absolute Gasteiger partial charge is 0.494 e. The van der Waals surface area contributed by atoms with Crippen LogP contribution in [0.15, 0.2) is 36.4 Å². The maximum absolute atomic E-state index is 15.5. The Morgan fingerprint density at radius 3 is 2.61 bits per heavy atom. The number of carbonyl (C=O) groups excluding carboxylic acids is 1. The molecular weight excluding hydrogens is 485 g/mol. The summed E-state index contributed by atoms with van der Waals surface area (Å²) in [5.74, 6) is -0.514. The summed E-state index contributed by atoms with van der Waals surface area (Å²) >= 11 is 0. The lowest BCUT2D eigenvalue weighted by Gasteiger charge is -2.31. The van der Waals surface area contributed by atoms with E-state index >= 15 is 4.39 Å². The van der Waals surface area contributed by atoms with Gasteiger partial charge in [-0.2, -0.15) is 0 Å². The maximum Gasteiger partial charge on any atom is 0.335 e. The predicted molar refractivity (Wildman–Crippen MR) is 146 cm³/mol. The van der Waals surface area contributed by atoms with Crippen LogP contribution in [0.1, 0.15) is 60.0 Å². The second-order valence-electron chi connectivity index (χ2n) is 10.7. The summed E-state index contributed by atoms with van der Waals surface area (Å²) in [6.45, 7) is 4.13. The van der Waals surface area contributed by atoms with E-state index in [1.807, 2.05) is 55.1 Å². The van der Waals surface area contributed by atoms with E-state index in [-0.39, 0.29) is 17.4 Å². The minimum absolute atomic E-state index is 0.0187. The first-order valence-electron chi connectivity index (χ1n) is 13.5. The number of halogens is 1. The van der Waals surface area contributed by atoms with Gasteiger partial charge in [0.1, 0.15) is 11.9 Å². The standard InChI is InChI=1S/C30H36FN3O4/c1-4-38-21-10-12-22-20(15-21)17-33(27(35)18-32(2)3)13-14-34-26-16-19(30(36)37)9-11-24(26)28(29(22)34)23-7-5-6-8-25(23)31/h9-12,15-16,23,25H,4-8,13-14,17-18H2,1-3H3,(H,36,37)/t23-,25-/m0/s1. The summed E-state index contributed by atoms with van der Waals surface area (Å²) in [5, 5.41) is 10.6. The van der Waals surface area contributed by atoms with Crippen molar-refractivity contribution in [1.29, 1.82) is 0 Å². The molecule has 2 aromatic carbocycles. The highest BCUT2D eigenvalue weighted by Crippen LogP contribution is 2.47. The van der Waals surface area contributed by atoms with Crippen LogP contribution in [0.4, 0.5) is 4.39 Å². The van der Waals surface area contributed by atoms with Crippen LogP contribution in [0.25, 0.3) is 22.2 Å². The van der Waals surface area contributed by atoms with E-state index in [1.54, 1.807) is 12.1 Å². The van der Waals surface area contributed by atoms with Crippen molar-refractivity contribution in [2.45, 2.75) is 57.8 Å². The Morgan fingerprint density at radius 2 is 1.89 bits per heavy atom. The highest BCUT2D eigenvalue weighted by atomic mass is 19.1. The van der Waals surface area contributed by atoms with E-state index in [0.717, 1.165) is 58.3 Å². The van der Waals surface area contributed by atoms with Crippen LogP contribution in [0.2, 0.25) is 0 Å². The van der Waals surface area contributed by atoms with Crippen LogP contribution in [-0.2, 0) is 17.9 Å². The molecule has 0 saturated heterocycles. The Hall–Kier alpha value is -3.39. The third-order valence-corrected chi connectivity index (χ3v) is 7.80. The molecule has 0 unspecified atom stereocenters. The van der Waals surface area contributed by atoms with Crippen molar-refractivity contribution >= 4 is 22.8 Å². The second-order valence-corrected chi connectivity index (χ2v) is 10.7. The Bertz CT molecular complexity index is 1370. The van der Waals surface area contributed by atoms with E-state index < -0.39 is 12.1 Å². The first kappa shape index (κ1) is 26.2. The molecule has 2 atom stereocenters. The molecule has 8 heteroatoms. The summed E-state index contributed by atoms with van der Waals surface area (Å²) in [6.07, 6.45) is 2.19. The third kappa shape index (κ3) is 4.89. The van der Waals surface area contributed by atoms with Gasteiger partial charge in [0.2, 0.25) is 5.91 Å². The number of aromatic nitrogens is 1. The number of carboxylic acid groups (broad SMARTS) is 1. The number of benzene rings is 2. The smallest absolute Gasteiger partial charge is 0.335 e. The zero-order chi connectivity index (χ0) is 27.0. The molecule has 0 radical (unpaired) electrons. The van der Waals surface area contributed by atoms with Crippen LogP contribution in [0.5, 0.6) is 5.75 Å². The molecule has 3 aromatic rings. The van der Waals surface area contributed by atoms with E-state index in [2.05, 4.69) is 4.57 Å². The van der Waals surface area contributed by atoms with E-state index in [9.17, 15) is 14.7 Å². The molecule has 1 fully saturated rings. The molecule has 1 saturated carbocycles. The molecule has 1 aliphatic carbocycles. The van der Waals surface area contributed by atoms with Gasteiger partial charge < -0.3 is 24.2 Å². The van der Waals surface area contributed by atoms with Gasteiger partial charge >= 0.3 is 5.97 Å². The summed E-state index contributed by atoms with van der Waals surface area (Å²) in [5.41, 5.74) is 4.75. The van der Waals surface area contributed by atoms with Crippen LogP contribution in [0, 0.1) is 0 Å². The number of alkyl halides is 1. The number of amides is 1. The van der Waals surface area contributed by atoms with Gasteiger partial charge in [-0.05, 0) is 75.3 Å². The average Bonchev–Trinajstić information content (AvgIpc) is 3.18. The Morgan fingerprint density at radius 1 is 1.11 bits per heavy atom. The van der Waals surface area contributed by atoms with Gasteiger partial charge in [-0.15, -0.1) is 0 Å². The molecule has 5 rings (SSSR count). The number of hydrogen-bond acceptors (Lipinski definition) is 4. The Labute approximate surface area is 222 Å². The quantitative estimate of drug-likeness (QED) is 0.476. The van der Waals surface area contributed by atoms with Crippen LogP contribution in [-0.4, -0.2) is 71.3 Å². The highest BCUT2D eigenvalue weighted by Gasteiger charge is 2.34. The number of hydrogen-bond donors (Lipinski definition) is 1. The number of aromatic carboxylic acids is 1. The van der Waals surface area contributed by atoms with Crippen molar-refractivity contribution in [3.63, 3.8) is 0 Å². The first-order chi connectivity index (χ1) is 18.3. The lowest BCUT2D eigenvalue weighted by Crippen LogP contribution is -2.40. The molecule has 1 aliphatic heterocycles. The topological polar surface area (TPSA) is 75.0 Å². The van der Waals surface area contributed by atoms with Crippen molar-refractivity contribution < 1.29 is 23.8 Å². The fraction of sp³-hybridized carbons (Fsp3) is 0.467. The van der Waals surface area contributed by atoms with Crippen LogP contribution < -0.4 is 4.74 Å². The van der Waals surface area contributed by atoms with Crippen LogP contribution in [0.3, 0.4) is 0 Å².